The van der Waals surface area contributed by atoms with Gasteiger partial charge in [-0.3, -0.25) is 4.98 Å². The fourth-order valence-corrected chi connectivity index (χ4v) is 8.05. The molecule has 262 valence electrons. The molecule has 4 nitrogen and oxygen atoms in total. The van der Waals surface area contributed by atoms with Gasteiger partial charge in [-0.2, -0.15) is 0 Å². The van der Waals surface area contributed by atoms with Crippen LogP contribution in [0.15, 0.2) is 158 Å². The van der Waals surface area contributed by atoms with Gasteiger partial charge in [-0.25, -0.2) is 14.8 Å². The van der Waals surface area contributed by atoms with Gasteiger partial charge in [0, 0.05) is 39.1 Å². The van der Waals surface area contributed by atoms with E-state index in [4.69, 9.17) is 21.5 Å². The Kier molecular flexibility index (Phi) is 8.29. The average Bonchev–Trinajstić information content (AvgIpc) is 3.46. The van der Waals surface area contributed by atoms with Crippen LogP contribution in [0.25, 0.3) is 83.3 Å². The third kappa shape index (κ3) is 6.10. The lowest BCUT2D eigenvalue weighted by Crippen LogP contribution is -2.14. The largest absolute Gasteiger partial charge is 0.258 e. The van der Waals surface area contributed by atoms with Crippen molar-refractivity contribution in [2.45, 2.75) is 33.1 Å². The summed E-state index contributed by atoms with van der Waals surface area (Å²) in [5.74, 6) is 0.674. The normalized spacial score (nSPS) is 12.5. The molecule has 8 aromatic rings. The van der Waals surface area contributed by atoms with Crippen LogP contribution in [0.2, 0.25) is 0 Å². The van der Waals surface area contributed by atoms with Crippen molar-refractivity contribution in [1.82, 2.24) is 15.0 Å². The molecule has 2 aromatic heterocycles. The van der Waals surface area contributed by atoms with Crippen LogP contribution in [0.5, 0.6) is 0 Å². The standard InChI is InChI=1S/C51H38N4/c1-32-19-25-42(33(2)53-32)40-27-39(38-24-26-43-45(30-38)51(3,4)44-17-12-18-46(52-5)49(43)44)28-41(29-40)48-31-47(54-50(55-48)37-15-10-7-11-16-37)36-22-20-35(21-23-36)34-13-8-6-9-14-34/h6-31H,1-4H3. The van der Waals surface area contributed by atoms with E-state index in [0.717, 1.165) is 78.4 Å². The van der Waals surface area contributed by atoms with E-state index in [1.54, 1.807) is 0 Å². The molecular formula is C51H38N4. The second-order valence-electron chi connectivity index (χ2n) is 14.9. The maximum absolute atomic E-state index is 7.90. The summed E-state index contributed by atoms with van der Waals surface area (Å²) < 4.78 is 0. The van der Waals surface area contributed by atoms with Crippen molar-refractivity contribution in [3.8, 4) is 78.4 Å². The molecule has 1 aliphatic rings. The zero-order valence-electron chi connectivity index (χ0n) is 31.3. The van der Waals surface area contributed by atoms with Crippen molar-refractivity contribution < 1.29 is 0 Å². The Morgan fingerprint density at radius 1 is 0.455 bits per heavy atom. The molecule has 6 aromatic carbocycles. The lowest BCUT2D eigenvalue weighted by molar-refractivity contribution is 0.661. The van der Waals surface area contributed by atoms with Crippen LogP contribution < -0.4 is 0 Å². The van der Waals surface area contributed by atoms with Gasteiger partial charge in [-0.1, -0.05) is 135 Å². The summed E-state index contributed by atoms with van der Waals surface area (Å²) in [5.41, 5.74) is 18.4. The highest BCUT2D eigenvalue weighted by molar-refractivity contribution is 5.92. The van der Waals surface area contributed by atoms with Gasteiger partial charge >= 0.3 is 0 Å². The highest BCUT2D eigenvalue weighted by atomic mass is 14.9. The third-order valence-electron chi connectivity index (χ3n) is 10.9. The summed E-state index contributed by atoms with van der Waals surface area (Å²) in [4.78, 5) is 19.1. The molecule has 55 heavy (non-hydrogen) atoms. The van der Waals surface area contributed by atoms with Crippen molar-refractivity contribution in [3.63, 3.8) is 0 Å². The van der Waals surface area contributed by atoms with Crippen molar-refractivity contribution >= 4 is 5.69 Å². The van der Waals surface area contributed by atoms with Crippen LogP contribution in [-0.4, -0.2) is 15.0 Å². The minimum atomic E-state index is -0.249. The first kappa shape index (κ1) is 33.8. The second kappa shape index (κ2) is 13.5. The molecule has 0 spiro atoms. The zero-order chi connectivity index (χ0) is 37.7. The van der Waals surface area contributed by atoms with Crippen molar-refractivity contribution in [2.24, 2.45) is 0 Å². The number of nitrogens with zero attached hydrogens (tertiary/aromatic N) is 4. The first-order valence-corrected chi connectivity index (χ1v) is 18.6. The number of fused-ring (bicyclic) bond motifs is 3. The van der Waals surface area contributed by atoms with E-state index in [2.05, 4.69) is 147 Å². The lowest BCUT2D eigenvalue weighted by Gasteiger charge is -2.22. The molecular weight excluding hydrogens is 669 g/mol. The summed E-state index contributed by atoms with van der Waals surface area (Å²) in [7, 11) is 0. The minimum Gasteiger partial charge on any atom is -0.258 e. The second-order valence-corrected chi connectivity index (χ2v) is 14.9. The van der Waals surface area contributed by atoms with E-state index >= 15 is 0 Å². The Morgan fingerprint density at radius 3 is 1.76 bits per heavy atom. The number of aromatic nitrogens is 3. The van der Waals surface area contributed by atoms with Crippen LogP contribution in [0.3, 0.4) is 0 Å². The third-order valence-corrected chi connectivity index (χ3v) is 10.9. The predicted octanol–water partition coefficient (Wildman–Crippen LogP) is 13.3. The van der Waals surface area contributed by atoms with E-state index in [9.17, 15) is 0 Å². The number of rotatable bonds is 6. The molecule has 0 saturated carbocycles. The van der Waals surface area contributed by atoms with Crippen molar-refractivity contribution in [2.75, 3.05) is 0 Å². The highest BCUT2D eigenvalue weighted by Crippen LogP contribution is 2.53. The van der Waals surface area contributed by atoms with E-state index in [0.29, 0.717) is 11.5 Å². The van der Waals surface area contributed by atoms with E-state index in [1.807, 2.05) is 43.3 Å². The van der Waals surface area contributed by atoms with Gasteiger partial charge in [0.05, 0.1) is 18.0 Å². The Labute approximate surface area is 322 Å². The molecule has 9 rings (SSSR count). The van der Waals surface area contributed by atoms with Gasteiger partial charge in [0.1, 0.15) is 0 Å². The maximum Gasteiger partial charge on any atom is 0.195 e. The van der Waals surface area contributed by atoms with Crippen molar-refractivity contribution in [1.29, 1.82) is 0 Å². The summed E-state index contributed by atoms with van der Waals surface area (Å²) in [5, 5.41) is 0. The number of pyridine rings is 1. The van der Waals surface area contributed by atoms with Crippen LogP contribution >= 0.6 is 0 Å². The van der Waals surface area contributed by atoms with E-state index in [-0.39, 0.29) is 5.41 Å². The van der Waals surface area contributed by atoms with E-state index < -0.39 is 0 Å². The van der Waals surface area contributed by atoms with Crippen LogP contribution in [0.1, 0.15) is 36.4 Å². The molecule has 0 saturated heterocycles. The van der Waals surface area contributed by atoms with Gasteiger partial charge in [0.15, 0.2) is 11.5 Å². The zero-order valence-corrected chi connectivity index (χ0v) is 31.3. The number of aryl methyl sites for hydroxylation is 2. The fourth-order valence-electron chi connectivity index (χ4n) is 8.05. The first-order valence-electron chi connectivity index (χ1n) is 18.6. The molecule has 0 N–H and O–H groups in total. The first-order chi connectivity index (χ1) is 26.8. The van der Waals surface area contributed by atoms with E-state index in [1.165, 1.54) is 16.7 Å². The summed E-state index contributed by atoms with van der Waals surface area (Å²) in [6, 6.07) is 55.2. The number of hydrogen-bond acceptors (Lipinski definition) is 3. The number of benzene rings is 6. The Morgan fingerprint density at radius 2 is 1.05 bits per heavy atom. The predicted molar refractivity (Wildman–Crippen MR) is 226 cm³/mol. The fraction of sp³-hybridized carbons (Fsp3) is 0.0980. The Balaban J connectivity index is 1.23. The summed E-state index contributed by atoms with van der Waals surface area (Å²) in [6.45, 7) is 16.5. The smallest absolute Gasteiger partial charge is 0.195 e. The summed E-state index contributed by atoms with van der Waals surface area (Å²) >= 11 is 0. The monoisotopic (exact) mass is 706 g/mol. The highest BCUT2D eigenvalue weighted by Gasteiger charge is 2.36. The molecule has 0 fully saturated rings. The number of hydrogen-bond donors (Lipinski definition) is 0. The molecule has 4 heteroatoms. The molecule has 0 aliphatic heterocycles. The minimum absolute atomic E-state index is 0.249. The van der Waals surface area contributed by atoms with Gasteiger partial charge < -0.3 is 0 Å². The molecule has 0 unspecified atom stereocenters. The molecule has 0 atom stereocenters. The SMILES string of the molecule is [C-]#[N+]c1cccc2c1-c1ccc(-c3cc(-c4cc(-c5ccc(-c6ccccc6)cc5)nc(-c5ccccc5)n4)cc(-c4ccc(C)nc4C)c3)cc1C2(C)C. The van der Waals surface area contributed by atoms with Gasteiger partial charge in [0.25, 0.3) is 0 Å². The average molecular weight is 707 g/mol. The van der Waals surface area contributed by atoms with Gasteiger partial charge in [-0.05, 0) is 100 Å². The van der Waals surface area contributed by atoms with Gasteiger partial charge in [-0.15, -0.1) is 0 Å². The Hall–Kier alpha value is -6.96. The van der Waals surface area contributed by atoms with Gasteiger partial charge in [0.2, 0.25) is 0 Å². The molecule has 0 bridgehead atoms. The molecule has 0 radical (unpaired) electrons. The topological polar surface area (TPSA) is 43.0 Å². The molecule has 1 aliphatic carbocycles. The van der Waals surface area contributed by atoms with Crippen LogP contribution in [0.4, 0.5) is 5.69 Å². The maximum atomic E-state index is 7.90. The summed E-state index contributed by atoms with van der Waals surface area (Å²) in [6.07, 6.45) is 0. The van der Waals surface area contributed by atoms with Crippen LogP contribution in [-0.2, 0) is 5.41 Å². The van der Waals surface area contributed by atoms with Crippen LogP contribution in [0, 0.1) is 20.4 Å². The Bertz CT molecular complexity index is 2790. The molecule has 0 amide bonds. The lowest BCUT2D eigenvalue weighted by atomic mass is 9.81. The quantitative estimate of drug-likeness (QED) is 0.162. The molecule has 2 heterocycles. The van der Waals surface area contributed by atoms with Crippen molar-refractivity contribution in [3.05, 3.63) is 192 Å².